The molecule has 2 bridgehead atoms. The third-order valence-corrected chi connectivity index (χ3v) is 5.05. The van der Waals surface area contributed by atoms with Crippen LogP contribution in [0.4, 0.5) is 0 Å². The predicted molar refractivity (Wildman–Crippen MR) is 83.2 cm³/mol. The second-order valence-electron chi connectivity index (χ2n) is 5.96. The monoisotopic (exact) mass is 342 g/mol. The molecule has 0 radical (unpaired) electrons. The first-order chi connectivity index (χ1) is 10.4. The number of amides is 2. The van der Waals surface area contributed by atoms with Crippen LogP contribution >= 0.6 is 23.2 Å². The Morgan fingerprint density at radius 1 is 1.27 bits per heavy atom. The minimum atomic E-state index is -0.391. The zero-order chi connectivity index (χ0) is 16.0. The first-order valence-corrected chi connectivity index (χ1v) is 7.86. The summed E-state index contributed by atoms with van der Waals surface area (Å²) in [6.07, 6.45) is 1.01. The van der Waals surface area contributed by atoms with Crippen LogP contribution in [-0.4, -0.2) is 41.0 Å². The number of nitrogens with zero attached hydrogens (tertiary/aromatic N) is 1. The van der Waals surface area contributed by atoms with E-state index in [9.17, 15) is 14.7 Å². The van der Waals surface area contributed by atoms with Gasteiger partial charge < -0.3 is 15.3 Å². The molecule has 1 aromatic carbocycles. The number of benzene rings is 1. The molecule has 1 aliphatic carbocycles. The van der Waals surface area contributed by atoms with Crippen molar-refractivity contribution in [2.45, 2.75) is 19.4 Å². The average Bonchev–Trinajstić information content (AvgIpc) is 2.48. The first kappa shape index (κ1) is 15.4. The van der Waals surface area contributed by atoms with Gasteiger partial charge in [0.15, 0.2) is 0 Å². The summed E-state index contributed by atoms with van der Waals surface area (Å²) < 4.78 is 0. The molecule has 22 heavy (non-hydrogen) atoms. The first-order valence-electron chi connectivity index (χ1n) is 7.11. The molecule has 0 aromatic heterocycles. The van der Waals surface area contributed by atoms with E-state index < -0.39 is 5.91 Å². The summed E-state index contributed by atoms with van der Waals surface area (Å²) in [7, 11) is 0. The number of hydrogen-bond acceptors (Lipinski definition) is 3. The van der Waals surface area contributed by atoms with Gasteiger partial charge in [0.1, 0.15) is 5.75 Å². The number of carbonyl (C=O) groups excluding carboxylic acids is 2. The van der Waals surface area contributed by atoms with Crippen LogP contribution in [0.1, 0.15) is 23.7 Å². The Morgan fingerprint density at radius 3 is 2.50 bits per heavy atom. The molecule has 2 atom stereocenters. The summed E-state index contributed by atoms with van der Waals surface area (Å²) in [4.78, 5) is 25.6. The lowest BCUT2D eigenvalue weighted by Crippen LogP contribution is -2.65. The van der Waals surface area contributed by atoms with Gasteiger partial charge in [0.2, 0.25) is 5.91 Å². The Morgan fingerprint density at radius 2 is 1.91 bits per heavy atom. The van der Waals surface area contributed by atoms with Crippen molar-refractivity contribution >= 4 is 35.0 Å². The van der Waals surface area contributed by atoms with Gasteiger partial charge in [-0.2, -0.15) is 0 Å². The summed E-state index contributed by atoms with van der Waals surface area (Å²) in [6.45, 7) is 2.89. The molecule has 1 aromatic rings. The maximum Gasteiger partial charge on any atom is 0.255 e. The number of rotatable bonds is 2. The molecule has 3 fully saturated rings. The van der Waals surface area contributed by atoms with Crippen LogP contribution in [0.5, 0.6) is 5.75 Å². The Balaban J connectivity index is 1.71. The van der Waals surface area contributed by atoms with Gasteiger partial charge in [0.05, 0.1) is 10.6 Å². The van der Waals surface area contributed by atoms with Gasteiger partial charge in [-0.1, -0.05) is 23.2 Å². The van der Waals surface area contributed by atoms with Crippen LogP contribution in [0.2, 0.25) is 10.0 Å². The van der Waals surface area contributed by atoms with Crippen molar-refractivity contribution < 1.29 is 14.7 Å². The molecule has 2 heterocycles. The summed E-state index contributed by atoms with van der Waals surface area (Å²) in [5, 5.41) is 13.2. The van der Waals surface area contributed by atoms with Crippen molar-refractivity contribution in [2.75, 3.05) is 13.1 Å². The number of halogens is 2. The Labute approximate surface area is 138 Å². The summed E-state index contributed by atoms with van der Waals surface area (Å²) in [5.74, 6) is -0.0539. The third-order valence-electron chi connectivity index (χ3n) is 4.55. The molecular weight excluding hydrogens is 327 g/mol. The molecule has 2 N–H and O–H groups in total. The third kappa shape index (κ3) is 2.63. The number of phenolic OH excluding ortho intramolecular Hbond substituents is 1. The van der Waals surface area contributed by atoms with E-state index >= 15 is 0 Å². The van der Waals surface area contributed by atoms with E-state index in [1.807, 2.05) is 4.90 Å². The van der Waals surface area contributed by atoms with Crippen molar-refractivity contribution in [1.29, 1.82) is 0 Å². The molecule has 7 heteroatoms. The van der Waals surface area contributed by atoms with E-state index in [1.54, 1.807) is 6.92 Å². The second-order valence-corrected chi connectivity index (χ2v) is 6.81. The van der Waals surface area contributed by atoms with Crippen LogP contribution in [-0.2, 0) is 4.79 Å². The minimum Gasteiger partial charge on any atom is -0.506 e. The van der Waals surface area contributed by atoms with Gasteiger partial charge in [-0.05, 0) is 30.4 Å². The normalized spacial score (nSPS) is 26.3. The molecule has 2 unspecified atom stereocenters. The highest BCUT2D eigenvalue weighted by molar-refractivity contribution is 6.36. The molecule has 2 aliphatic heterocycles. The van der Waals surface area contributed by atoms with Crippen molar-refractivity contribution in [3.05, 3.63) is 27.7 Å². The van der Waals surface area contributed by atoms with Crippen molar-refractivity contribution in [1.82, 2.24) is 10.2 Å². The number of fused-ring (bicyclic) bond motifs is 2. The largest absolute Gasteiger partial charge is 0.506 e. The van der Waals surface area contributed by atoms with Crippen molar-refractivity contribution in [2.24, 2.45) is 11.8 Å². The molecule has 2 amide bonds. The molecular formula is C15H16Cl2N2O3. The van der Waals surface area contributed by atoms with Gasteiger partial charge in [0.25, 0.3) is 5.91 Å². The standard InChI is InChI=1S/C15H16Cl2N2O3/c1-7(20)19-5-8-2-9(6-19)13(8)18-15(22)11-3-10(16)4-12(17)14(11)21/h3-4,8-9,13,21H,2,5-6H2,1H3,(H,18,22). The number of hydrogen-bond donors (Lipinski definition) is 2. The number of phenols is 1. The lowest BCUT2D eigenvalue weighted by atomic mass is 9.66. The van der Waals surface area contributed by atoms with Gasteiger partial charge in [-0.3, -0.25) is 9.59 Å². The zero-order valence-corrected chi connectivity index (χ0v) is 13.5. The Bertz CT molecular complexity index is 638. The quantitative estimate of drug-likeness (QED) is 0.866. The Hall–Kier alpha value is -1.46. The van der Waals surface area contributed by atoms with Crippen LogP contribution < -0.4 is 5.32 Å². The van der Waals surface area contributed by atoms with Gasteiger partial charge in [0, 0.05) is 31.1 Å². The van der Waals surface area contributed by atoms with Gasteiger partial charge >= 0.3 is 0 Å². The lowest BCUT2D eigenvalue weighted by molar-refractivity contribution is -0.136. The second kappa shape index (κ2) is 5.63. The van der Waals surface area contributed by atoms with E-state index in [-0.39, 0.29) is 40.1 Å². The number of aromatic hydroxyl groups is 1. The maximum absolute atomic E-state index is 12.4. The molecule has 4 rings (SSSR count). The zero-order valence-electron chi connectivity index (χ0n) is 12.0. The summed E-state index contributed by atoms with van der Waals surface area (Å²) >= 11 is 11.7. The van der Waals surface area contributed by atoms with E-state index in [0.717, 1.165) is 6.42 Å². The number of carbonyl (C=O) groups is 2. The fraction of sp³-hybridized carbons (Fsp3) is 0.467. The van der Waals surface area contributed by atoms with Gasteiger partial charge in [-0.25, -0.2) is 0 Å². The lowest BCUT2D eigenvalue weighted by Gasteiger charge is -2.53. The summed E-state index contributed by atoms with van der Waals surface area (Å²) in [6, 6.07) is 2.81. The molecule has 3 aliphatic rings. The fourth-order valence-electron chi connectivity index (χ4n) is 3.35. The molecule has 118 valence electrons. The van der Waals surface area contributed by atoms with E-state index in [4.69, 9.17) is 23.2 Å². The van der Waals surface area contributed by atoms with E-state index in [1.165, 1.54) is 12.1 Å². The van der Waals surface area contributed by atoms with Crippen LogP contribution in [0.3, 0.4) is 0 Å². The molecule has 2 saturated heterocycles. The van der Waals surface area contributed by atoms with Crippen molar-refractivity contribution in [3.63, 3.8) is 0 Å². The maximum atomic E-state index is 12.4. The minimum absolute atomic E-state index is 0.0280. The highest BCUT2D eigenvalue weighted by Crippen LogP contribution is 2.40. The van der Waals surface area contributed by atoms with Crippen LogP contribution in [0.25, 0.3) is 0 Å². The average molecular weight is 343 g/mol. The SMILES string of the molecule is CC(=O)N1CC2CC(C1)C2NC(=O)c1cc(Cl)cc(Cl)c1O. The highest BCUT2D eigenvalue weighted by atomic mass is 35.5. The van der Waals surface area contributed by atoms with E-state index in [2.05, 4.69) is 5.32 Å². The van der Waals surface area contributed by atoms with Crippen LogP contribution in [0.15, 0.2) is 12.1 Å². The number of piperidine rings is 2. The summed E-state index contributed by atoms with van der Waals surface area (Å²) in [5.41, 5.74) is 0.0749. The van der Waals surface area contributed by atoms with Gasteiger partial charge in [-0.15, -0.1) is 0 Å². The molecule has 0 spiro atoms. The van der Waals surface area contributed by atoms with E-state index in [0.29, 0.717) is 18.1 Å². The smallest absolute Gasteiger partial charge is 0.255 e. The topological polar surface area (TPSA) is 69.6 Å². The molecule has 1 saturated carbocycles. The molecule has 5 nitrogen and oxygen atoms in total. The fourth-order valence-corrected chi connectivity index (χ4v) is 3.84. The number of nitrogens with one attached hydrogen (secondary N) is 1. The van der Waals surface area contributed by atoms with Crippen LogP contribution in [0, 0.1) is 11.8 Å². The predicted octanol–water partition coefficient (Wildman–Crippen LogP) is 2.30. The highest BCUT2D eigenvalue weighted by Gasteiger charge is 2.48. The van der Waals surface area contributed by atoms with Crippen molar-refractivity contribution in [3.8, 4) is 5.75 Å². The Kier molecular flexibility index (Phi) is 3.95.